The van der Waals surface area contributed by atoms with E-state index in [2.05, 4.69) is 4.98 Å². The van der Waals surface area contributed by atoms with Crippen LogP contribution in [0.2, 0.25) is 0 Å². The van der Waals surface area contributed by atoms with Crippen LogP contribution in [-0.4, -0.2) is 23.4 Å². The summed E-state index contributed by atoms with van der Waals surface area (Å²) < 4.78 is 11.4. The molecule has 142 valence electrons. The highest BCUT2D eigenvalue weighted by molar-refractivity contribution is 6.35. The van der Waals surface area contributed by atoms with Crippen molar-refractivity contribution in [2.45, 2.75) is 6.92 Å². The number of oxazole rings is 1. The third-order valence-electron chi connectivity index (χ3n) is 4.83. The highest BCUT2D eigenvalue weighted by Gasteiger charge is 2.38. The first-order valence-corrected chi connectivity index (χ1v) is 9.28. The van der Waals surface area contributed by atoms with Gasteiger partial charge in [-0.25, -0.2) is 9.88 Å². The summed E-state index contributed by atoms with van der Waals surface area (Å²) in [5, 5.41) is 0. The number of nitrogens with zero attached hydrogens (tertiary/aromatic N) is 2. The van der Waals surface area contributed by atoms with Gasteiger partial charge in [0.05, 0.1) is 23.4 Å². The van der Waals surface area contributed by atoms with Gasteiger partial charge >= 0.3 is 0 Å². The maximum atomic E-state index is 13.1. The summed E-state index contributed by atoms with van der Waals surface area (Å²) in [6, 6.07) is 19.5. The minimum Gasteiger partial charge on any atom is -0.492 e. The number of hydrogen-bond donors (Lipinski definition) is 0. The standard InChI is InChI=1S/C23H16N2O4/c1-2-28-20-10-6-4-8-18(20)25-22(26)15-12-11-14(13-16(15)23(25)27)21-24-17-7-3-5-9-19(17)29-21/h3-13H,2H2,1H3. The van der Waals surface area contributed by atoms with Crippen LogP contribution in [0.15, 0.2) is 71.1 Å². The quantitative estimate of drug-likeness (QED) is 0.477. The van der Waals surface area contributed by atoms with Crippen LogP contribution in [0.25, 0.3) is 22.6 Å². The molecule has 6 nitrogen and oxygen atoms in total. The summed E-state index contributed by atoms with van der Waals surface area (Å²) in [4.78, 5) is 31.7. The molecule has 0 N–H and O–H groups in total. The van der Waals surface area contributed by atoms with Crippen LogP contribution in [0.1, 0.15) is 27.6 Å². The number of anilines is 1. The van der Waals surface area contributed by atoms with Crippen molar-refractivity contribution in [3.05, 3.63) is 77.9 Å². The Hall–Kier alpha value is -3.93. The zero-order valence-electron chi connectivity index (χ0n) is 15.6. The molecule has 0 saturated heterocycles. The van der Waals surface area contributed by atoms with Gasteiger partial charge in [-0.15, -0.1) is 0 Å². The molecule has 0 saturated carbocycles. The summed E-state index contributed by atoms with van der Waals surface area (Å²) in [6.07, 6.45) is 0. The summed E-state index contributed by atoms with van der Waals surface area (Å²) >= 11 is 0. The van der Waals surface area contributed by atoms with Crippen molar-refractivity contribution < 1.29 is 18.7 Å². The third kappa shape index (κ3) is 2.69. The molecule has 3 aromatic carbocycles. The number of carbonyl (C=O) groups is 2. The van der Waals surface area contributed by atoms with Crippen molar-refractivity contribution in [1.82, 2.24) is 4.98 Å². The molecule has 0 fully saturated rings. The van der Waals surface area contributed by atoms with E-state index in [1.165, 1.54) is 0 Å². The number of fused-ring (bicyclic) bond motifs is 2. The maximum Gasteiger partial charge on any atom is 0.266 e. The molecule has 0 unspecified atom stereocenters. The molecule has 1 aliphatic rings. The van der Waals surface area contributed by atoms with Crippen molar-refractivity contribution in [1.29, 1.82) is 0 Å². The normalized spacial score (nSPS) is 13.2. The van der Waals surface area contributed by atoms with Crippen molar-refractivity contribution in [3.8, 4) is 17.2 Å². The number of para-hydroxylation sites is 4. The molecular weight excluding hydrogens is 368 g/mol. The van der Waals surface area contributed by atoms with Crippen LogP contribution in [0.5, 0.6) is 5.75 Å². The Balaban J connectivity index is 1.57. The van der Waals surface area contributed by atoms with E-state index in [9.17, 15) is 9.59 Å². The third-order valence-corrected chi connectivity index (χ3v) is 4.83. The molecule has 6 heteroatoms. The molecule has 29 heavy (non-hydrogen) atoms. The summed E-state index contributed by atoms with van der Waals surface area (Å²) in [6.45, 7) is 2.29. The van der Waals surface area contributed by atoms with Crippen LogP contribution >= 0.6 is 0 Å². The van der Waals surface area contributed by atoms with Gasteiger partial charge in [0.15, 0.2) is 5.58 Å². The first-order valence-electron chi connectivity index (χ1n) is 9.28. The number of rotatable bonds is 4. The predicted molar refractivity (Wildman–Crippen MR) is 108 cm³/mol. The highest BCUT2D eigenvalue weighted by Crippen LogP contribution is 2.36. The molecule has 0 spiro atoms. The van der Waals surface area contributed by atoms with E-state index in [1.807, 2.05) is 31.2 Å². The SMILES string of the molecule is CCOc1ccccc1N1C(=O)c2ccc(-c3nc4ccccc4o3)cc2C1=O. The minimum atomic E-state index is -0.393. The Morgan fingerprint density at radius 3 is 2.52 bits per heavy atom. The lowest BCUT2D eigenvalue weighted by molar-refractivity contribution is 0.0925. The Morgan fingerprint density at radius 1 is 0.931 bits per heavy atom. The van der Waals surface area contributed by atoms with Gasteiger partial charge < -0.3 is 9.15 Å². The van der Waals surface area contributed by atoms with Gasteiger partial charge in [-0.2, -0.15) is 0 Å². The second-order valence-corrected chi connectivity index (χ2v) is 6.59. The summed E-state index contributed by atoms with van der Waals surface area (Å²) in [7, 11) is 0. The molecular formula is C23H16N2O4. The van der Waals surface area contributed by atoms with Gasteiger partial charge in [0.1, 0.15) is 11.3 Å². The Labute approximate surface area is 166 Å². The summed E-state index contributed by atoms with van der Waals surface area (Å²) in [5.41, 5.74) is 3.14. The lowest BCUT2D eigenvalue weighted by atomic mass is 10.1. The second kappa shape index (κ2) is 6.60. The first kappa shape index (κ1) is 17.2. The number of imide groups is 1. The van der Waals surface area contributed by atoms with Gasteiger partial charge in [-0.3, -0.25) is 9.59 Å². The van der Waals surface area contributed by atoms with Crippen molar-refractivity contribution in [2.75, 3.05) is 11.5 Å². The number of carbonyl (C=O) groups excluding carboxylic acids is 2. The maximum absolute atomic E-state index is 13.1. The molecule has 1 aromatic heterocycles. The van der Waals surface area contributed by atoms with Gasteiger partial charge in [-0.05, 0) is 49.4 Å². The molecule has 2 heterocycles. The van der Waals surface area contributed by atoms with Crippen LogP contribution in [0, 0.1) is 0 Å². The number of benzene rings is 3. The Kier molecular flexibility index (Phi) is 3.91. The van der Waals surface area contributed by atoms with E-state index in [1.54, 1.807) is 42.5 Å². The lowest BCUT2D eigenvalue weighted by Crippen LogP contribution is -2.29. The molecule has 5 rings (SSSR count). The number of hydrogen-bond acceptors (Lipinski definition) is 5. The van der Waals surface area contributed by atoms with Gasteiger partial charge in [-0.1, -0.05) is 24.3 Å². The van der Waals surface area contributed by atoms with E-state index in [0.717, 1.165) is 10.4 Å². The van der Waals surface area contributed by atoms with Gasteiger partial charge in [0.25, 0.3) is 11.8 Å². The largest absolute Gasteiger partial charge is 0.492 e. The smallest absolute Gasteiger partial charge is 0.266 e. The molecule has 0 radical (unpaired) electrons. The van der Waals surface area contributed by atoms with Crippen LogP contribution in [0.4, 0.5) is 5.69 Å². The van der Waals surface area contributed by atoms with Crippen LogP contribution < -0.4 is 9.64 Å². The molecule has 0 bridgehead atoms. The molecule has 0 atom stereocenters. The Morgan fingerprint density at radius 2 is 1.69 bits per heavy atom. The molecule has 1 aliphatic heterocycles. The zero-order valence-corrected chi connectivity index (χ0v) is 15.6. The average molecular weight is 384 g/mol. The van der Waals surface area contributed by atoms with E-state index >= 15 is 0 Å². The topological polar surface area (TPSA) is 72.6 Å². The van der Waals surface area contributed by atoms with Crippen molar-refractivity contribution >= 4 is 28.6 Å². The second-order valence-electron chi connectivity index (χ2n) is 6.59. The average Bonchev–Trinajstić information content (AvgIpc) is 3.28. The fourth-order valence-corrected chi connectivity index (χ4v) is 3.51. The van der Waals surface area contributed by atoms with E-state index in [-0.39, 0.29) is 5.91 Å². The van der Waals surface area contributed by atoms with Gasteiger partial charge in [0, 0.05) is 5.56 Å². The van der Waals surface area contributed by atoms with Crippen LogP contribution in [-0.2, 0) is 0 Å². The Bertz CT molecular complexity index is 1240. The number of amides is 2. The van der Waals surface area contributed by atoms with Crippen molar-refractivity contribution in [2.24, 2.45) is 0 Å². The molecule has 4 aromatic rings. The van der Waals surface area contributed by atoms with E-state index < -0.39 is 5.91 Å². The van der Waals surface area contributed by atoms with E-state index in [4.69, 9.17) is 9.15 Å². The van der Waals surface area contributed by atoms with Gasteiger partial charge in [0.2, 0.25) is 5.89 Å². The fourth-order valence-electron chi connectivity index (χ4n) is 3.51. The zero-order chi connectivity index (χ0) is 20.0. The molecule has 2 amide bonds. The van der Waals surface area contributed by atoms with Crippen LogP contribution in [0.3, 0.4) is 0 Å². The van der Waals surface area contributed by atoms with Crippen molar-refractivity contribution in [3.63, 3.8) is 0 Å². The number of ether oxygens (including phenoxy) is 1. The highest BCUT2D eigenvalue weighted by atomic mass is 16.5. The number of aromatic nitrogens is 1. The molecule has 0 aliphatic carbocycles. The first-order chi connectivity index (χ1) is 14.2. The monoisotopic (exact) mass is 384 g/mol. The fraction of sp³-hybridized carbons (Fsp3) is 0.0870. The predicted octanol–water partition coefficient (Wildman–Crippen LogP) is 4.69. The lowest BCUT2D eigenvalue weighted by Gasteiger charge is -2.17. The minimum absolute atomic E-state index is 0.320. The summed E-state index contributed by atoms with van der Waals surface area (Å²) in [5.74, 6) is 0.127. The van der Waals surface area contributed by atoms with E-state index in [0.29, 0.717) is 46.2 Å².